The van der Waals surface area contributed by atoms with Crippen LogP contribution in [0.4, 0.5) is 13.2 Å². The molecule has 2 saturated carbocycles. The molecular formula is C38H58F3NO12. The SMILES string of the molecule is C[C@@H]1CC[C@H]2[C@@H](C)[C@@](C)(OCCN(CCO[C@@]3(C(F)(F)F)O[C@@H]4O[C@@]5(C)CC[C@H]6[C@H](C)CC[C@@H]([C@H]3C)[C@@]46OO5)CC(=O)O)O[C@@H]3O[C@@]4(C)CC[C@@H]1[C@]32OO4. The summed E-state index contributed by atoms with van der Waals surface area (Å²) in [5.74, 6) is -8.78. The Morgan fingerprint density at radius 3 is 1.70 bits per heavy atom. The highest BCUT2D eigenvalue weighted by Gasteiger charge is 2.77. The summed E-state index contributed by atoms with van der Waals surface area (Å²) in [7, 11) is 0. The predicted molar refractivity (Wildman–Crippen MR) is 179 cm³/mol. The van der Waals surface area contributed by atoms with Crippen molar-refractivity contribution >= 4 is 5.97 Å². The van der Waals surface area contributed by atoms with Crippen molar-refractivity contribution in [1.29, 1.82) is 0 Å². The van der Waals surface area contributed by atoms with Crippen LogP contribution in [-0.4, -0.2) is 102 Å². The molecule has 0 aromatic rings. The molecular weight excluding hydrogens is 719 g/mol. The molecule has 2 spiro atoms. The van der Waals surface area contributed by atoms with E-state index in [1.807, 2.05) is 13.8 Å². The summed E-state index contributed by atoms with van der Waals surface area (Å²) < 4.78 is 83.7. The first-order valence-corrected chi connectivity index (χ1v) is 20.1. The predicted octanol–water partition coefficient (Wildman–Crippen LogP) is 6.14. The van der Waals surface area contributed by atoms with Gasteiger partial charge in [0.15, 0.2) is 29.6 Å². The number of alkyl halides is 3. The van der Waals surface area contributed by atoms with Gasteiger partial charge < -0.3 is 33.5 Å². The highest BCUT2D eigenvalue weighted by atomic mass is 19.4. The van der Waals surface area contributed by atoms with E-state index in [-0.39, 0.29) is 49.3 Å². The molecule has 13 nitrogen and oxygen atoms in total. The van der Waals surface area contributed by atoms with Gasteiger partial charge in [0.1, 0.15) is 0 Å². The Kier molecular flexibility index (Phi) is 9.86. The van der Waals surface area contributed by atoms with Crippen LogP contribution in [-0.2, 0) is 52.8 Å². The Labute approximate surface area is 314 Å². The van der Waals surface area contributed by atoms with Crippen LogP contribution in [0.3, 0.4) is 0 Å². The molecule has 16 atom stereocenters. The smallest absolute Gasteiger partial charge is 0.443 e. The molecule has 8 aliphatic heterocycles. The van der Waals surface area contributed by atoms with Crippen molar-refractivity contribution in [1.82, 2.24) is 4.90 Å². The van der Waals surface area contributed by atoms with Crippen LogP contribution in [0.2, 0.25) is 0 Å². The number of nitrogens with zero attached hydrogens (tertiary/aromatic N) is 1. The van der Waals surface area contributed by atoms with Crippen molar-refractivity contribution in [2.75, 3.05) is 32.8 Å². The highest BCUT2D eigenvalue weighted by molar-refractivity contribution is 5.69. The molecule has 0 aromatic carbocycles. The molecule has 0 unspecified atom stereocenters. The average molecular weight is 778 g/mol. The van der Waals surface area contributed by atoms with Crippen LogP contribution < -0.4 is 0 Å². The van der Waals surface area contributed by atoms with E-state index in [9.17, 15) is 9.90 Å². The number of rotatable bonds is 10. The third-order valence-electron chi connectivity index (χ3n) is 15.1. The molecule has 308 valence electrons. The van der Waals surface area contributed by atoms with Crippen molar-refractivity contribution in [2.45, 2.75) is 153 Å². The van der Waals surface area contributed by atoms with Gasteiger partial charge in [0, 0.05) is 49.6 Å². The van der Waals surface area contributed by atoms with E-state index in [1.54, 1.807) is 6.92 Å². The van der Waals surface area contributed by atoms with E-state index in [4.69, 9.17) is 48.0 Å². The standard InChI is InChI=1S/C38H58F3NO12/c1-21-8-10-27-23(3)34(7,49-30-35(27)25(21)12-14-32(5,47-30)51-53-35)45-18-16-42(20-29(43)44)17-19-46-37(38(39,40)41)24(4)28-11-9-22(2)26-13-15-33(6)48-31(50-37)36(26,28)54-52-33/h21-28,30-31H,8-20H2,1-7H3,(H,43,44)/t21-,22-,23-,24-,25+,26+,27+,28+,30+,31+,32-,33-,34+,35-,36-,37-/m1/s1. The number of fused-ring (bicyclic) bond motifs is 4. The van der Waals surface area contributed by atoms with Crippen molar-refractivity contribution in [2.24, 2.45) is 47.3 Å². The monoisotopic (exact) mass is 777 g/mol. The van der Waals surface area contributed by atoms with Crippen LogP contribution in [0.15, 0.2) is 0 Å². The summed E-state index contributed by atoms with van der Waals surface area (Å²) in [5, 5.41) is 9.78. The first-order chi connectivity index (χ1) is 25.3. The van der Waals surface area contributed by atoms with Crippen LogP contribution in [0.5, 0.6) is 0 Å². The first-order valence-electron chi connectivity index (χ1n) is 20.1. The largest absolute Gasteiger partial charge is 0.480 e. The zero-order chi connectivity index (χ0) is 38.7. The van der Waals surface area contributed by atoms with Gasteiger partial charge in [-0.15, -0.1) is 0 Å². The second kappa shape index (κ2) is 13.4. The fourth-order valence-electron chi connectivity index (χ4n) is 11.9. The van der Waals surface area contributed by atoms with E-state index in [2.05, 4.69) is 20.8 Å². The van der Waals surface area contributed by atoms with Crippen molar-refractivity contribution in [3.8, 4) is 0 Å². The molecule has 8 saturated heterocycles. The number of carbonyl (C=O) groups is 1. The average Bonchev–Trinajstić information content (AvgIpc) is 3.46. The van der Waals surface area contributed by atoms with Crippen molar-refractivity contribution in [3.05, 3.63) is 0 Å². The Bertz CT molecular complexity index is 1440. The Morgan fingerprint density at radius 2 is 1.19 bits per heavy atom. The van der Waals surface area contributed by atoms with Crippen LogP contribution in [0.1, 0.15) is 99.8 Å². The van der Waals surface area contributed by atoms with Gasteiger partial charge in [-0.3, -0.25) is 9.69 Å². The molecule has 10 aliphatic rings. The Balaban J connectivity index is 0.960. The van der Waals surface area contributed by atoms with Gasteiger partial charge in [-0.05, 0) is 83.0 Å². The number of aliphatic carboxylic acids is 1. The summed E-state index contributed by atoms with van der Waals surface area (Å²) in [4.78, 5) is 37.5. The molecule has 8 heterocycles. The van der Waals surface area contributed by atoms with E-state index in [0.717, 1.165) is 25.7 Å². The number of carboxylic acid groups (broad SMARTS) is 1. The fourth-order valence-corrected chi connectivity index (χ4v) is 11.9. The Hall–Kier alpha value is -1.18. The van der Waals surface area contributed by atoms with E-state index in [0.29, 0.717) is 31.6 Å². The van der Waals surface area contributed by atoms with Gasteiger partial charge in [0.2, 0.25) is 11.6 Å². The molecule has 1 N–H and O–H groups in total. The highest BCUT2D eigenvalue weighted by Crippen LogP contribution is 2.65. The lowest BCUT2D eigenvalue weighted by Gasteiger charge is -2.62. The summed E-state index contributed by atoms with van der Waals surface area (Å²) in [5.41, 5.74) is -1.98. The molecule has 0 amide bonds. The maximum absolute atomic E-state index is 15.4. The van der Waals surface area contributed by atoms with Gasteiger partial charge in [-0.25, -0.2) is 19.6 Å². The van der Waals surface area contributed by atoms with Gasteiger partial charge in [-0.2, -0.15) is 13.2 Å². The fraction of sp³-hybridized carbons (Fsp3) is 0.974. The lowest BCUT2D eigenvalue weighted by molar-refractivity contribution is -0.598. The number of halogens is 3. The maximum atomic E-state index is 15.4. The maximum Gasteiger partial charge on any atom is 0.443 e. The summed E-state index contributed by atoms with van der Waals surface area (Å²) in [6.07, 6.45) is -1.28. The molecule has 54 heavy (non-hydrogen) atoms. The molecule has 2 aliphatic carbocycles. The van der Waals surface area contributed by atoms with Gasteiger partial charge in [0.05, 0.1) is 19.8 Å². The zero-order valence-corrected chi connectivity index (χ0v) is 32.5. The van der Waals surface area contributed by atoms with Crippen LogP contribution >= 0.6 is 0 Å². The molecule has 10 fully saturated rings. The van der Waals surface area contributed by atoms with E-state index < -0.39 is 84.1 Å². The number of hydrogen-bond acceptors (Lipinski definition) is 12. The second-order valence-electron chi connectivity index (χ2n) is 18.2. The van der Waals surface area contributed by atoms with Crippen molar-refractivity contribution in [3.63, 3.8) is 0 Å². The lowest BCUT2D eigenvalue weighted by atomic mass is 9.57. The van der Waals surface area contributed by atoms with Gasteiger partial charge in [0.25, 0.3) is 5.79 Å². The number of hydrogen-bond donors (Lipinski definition) is 1. The molecule has 10 rings (SSSR count). The normalized spacial score (nSPS) is 52.4. The summed E-state index contributed by atoms with van der Waals surface area (Å²) in [6.45, 7) is 12.4. The van der Waals surface area contributed by atoms with Crippen LogP contribution in [0, 0.1) is 47.3 Å². The number of ether oxygens (including phenoxy) is 6. The molecule has 4 bridgehead atoms. The molecule has 0 radical (unpaired) electrons. The first kappa shape index (κ1) is 39.6. The minimum Gasteiger partial charge on any atom is -0.480 e. The quantitative estimate of drug-likeness (QED) is 0.255. The summed E-state index contributed by atoms with van der Waals surface area (Å²) >= 11 is 0. The second-order valence-corrected chi connectivity index (χ2v) is 18.2. The van der Waals surface area contributed by atoms with E-state index in [1.165, 1.54) is 11.8 Å². The molecule has 16 heteroatoms. The number of carboxylic acids is 1. The lowest BCUT2D eigenvalue weighted by Crippen LogP contribution is -2.76. The minimum absolute atomic E-state index is 0.0127. The third-order valence-corrected chi connectivity index (χ3v) is 15.1. The summed E-state index contributed by atoms with van der Waals surface area (Å²) in [6, 6.07) is 0. The van der Waals surface area contributed by atoms with E-state index >= 15 is 13.2 Å². The molecule has 0 aromatic heterocycles. The Morgan fingerprint density at radius 1 is 0.685 bits per heavy atom. The third kappa shape index (κ3) is 5.93. The topological polar surface area (TPSA) is 133 Å². The van der Waals surface area contributed by atoms with Crippen LogP contribution in [0.25, 0.3) is 0 Å². The van der Waals surface area contributed by atoms with Gasteiger partial charge >= 0.3 is 12.1 Å². The minimum atomic E-state index is -4.94. The zero-order valence-electron chi connectivity index (χ0n) is 32.5. The van der Waals surface area contributed by atoms with Gasteiger partial charge in [-0.1, -0.05) is 27.7 Å². The van der Waals surface area contributed by atoms with Crippen molar-refractivity contribution < 1.29 is 71.0 Å².